The normalized spacial score (nSPS) is 10.8. The lowest BCUT2D eigenvalue weighted by Gasteiger charge is -2.13. The summed E-state index contributed by atoms with van der Waals surface area (Å²) in [5.74, 6) is 1.69. The maximum Gasteiger partial charge on any atom is 0.0349 e. The van der Waals surface area contributed by atoms with Crippen molar-refractivity contribution in [1.82, 2.24) is 0 Å². The van der Waals surface area contributed by atoms with Gasteiger partial charge >= 0.3 is 0 Å². The molecule has 126 valence electrons. The third-order valence-electron chi connectivity index (χ3n) is 4.00. The molecule has 0 bridgehead atoms. The van der Waals surface area contributed by atoms with Gasteiger partial charge in [-0.2, -0.15) is 0 Å². The molecule has 0 saturated carbocycles. The first-order chi connectivity index (χ1) is 10.7. The molecule has 0 atom stereocenters. The molecule has 23 heavy (non-hydrogen) atoms. The van der Waals surface area contributed by atoms with Gasteiger partial charge in [0, 0.05) is 11.4 Å². The highest BCUT2D eigenvalue weighted by molar-refractivity contribution is 5.50. The molecule has 0 aromatic heterocycles. The number of nitrogen functional groups attached to an aromatic ring is 2. The molecule has 0 spiro atoms. The van der Waals surface area contributed by atoms with Crippen LogP contribution in [0.1, 0.15) is 76.0 Å². The maximum atomic E-state index is 5.89. The molecule has 0 saturated heterocycles. The average Bonchev–Trinajstić information content (AvgIpc) is 2.48. The van der Waals surface area contributed by atoms with E-state index in [1.165, 1.54) is 16.7 Å². The zero-order valence-corrected chi connectivity index (χ0v) is 15.4. The fourth-order valence-electron chi connectivity index (χ4n) is 2.33. The molecule has 2 aromatic rings. The van der Waals surface area contributed by atoms with Gasteiger partial charge in [0.2, 0.25) is 0 Å². The zero-order chi connectivity index (χ0) is 17.6. The summed E-state index contributed by atoms with van der Waals surface area (Å²) in [7, 11) is 0. The van der Waals surface area contributed by atoms with Crippen LogP contribution in [0.3, 0.4) is 0 Å². The second-order valence-electron chi connectivity index (χ2n) is 7.02. The van der Waals surface area contributed by atoms with Crippen molar-refractivity contribution in [2.45, 2.75) is 59.3 Å². The standard InChI is InChI=1S/C12H19N.C9H13N/c1-8(2)10-5-6-12(13)11(7-10)9(3)4;1-7(2)8-3-5-9(10)6-4-8/h5-9H,13H2,1-4H3;3-7H,10H2,1-2H3. The van der Waals surface area contributed by atoms with Crippen molar-refractivity contribution >= 4 is 11.4 Å². The molecule has 4 N–H and O–H groups in total. The molecule has 0 aliphatic heterocycles. The van der Waals surface area contributed by atoms with E-state index < -0.39 is 0 Å². The van der Waals surface area contributed by atoms with E-state index in [1.807, 2.05) is 18.2 Å². The van der Waals surface area contributed by atoms with Gasteiger partial charge in [0.15, 0.2) is 0 Å². The van der Waals surface area contributed by atoms with Crippen molar-refractivity contribution in [3.05, 3.63) is 59.2 Å². The van der Waals surface area contributed by atoms with E-state index in [0.29, 0.717) is 17.8 Å². The van der Waals surface area contributed by atoms with E-state index >= 15 is 0 Å². The fraction of sp³-hybridized carbons (Fsp3) is 0.429. The fourth-order valence-corrected chi connectivity index (χ4v) is 2.33. The highest BCUT2D eigenvalue weighted by Crippen LogP contribution is 2.26. The number of hydrogen-bond acceptors (Lipinski definition) is 2. The van der Waals surface area contributed by atoms with Crippen LogP contribution in [0.2, 0.25) is 0 Å². The lowest BCUT2D eigenvalue weighted by molar-refractivity contribution is 0.836. The van der Waals surface area contributed by atoms with Crippen LogP contribution in [-0.4, -0.2) is 0 Å². The highest BCUT2D eigenvalue weighted by atomic mass is 14.6. The van der Waals surface area contributed by atoms with Gasteiger partial charge in [-0.1, -0.05) is 65.8 Å². The van der Waals surface area contributed by atoms with Gasteiger partial charge in [-0.15, -0.1) is 0 Å². The van der Waals surface area contributed by atoms with Crippen LogP contribution in [0.15, 0.2) is 42.5 Å². The maximum absolute atomic E-state index is 5.89. The first-order valence-corrected chi connectivity index (χ1v) is 8.47. The van der Waals surface area contributed by atoms with Crippen LogP contribution in [0, 0.1) is 0 Å². The third kappa shape index (κ3) is 5.97. The molecule has 0 heterocycles. The third-order valence-corrected chi connectivity index (χ3v) is 4.00. The van der Waals surface area contributed by atoms with E-state index in [-0.39, 0.29) is 0 Å². The first-order valence-electron chi connectivity index (χ1n) is 8.47. The average molecular weight is 313 g/mol. The lowest BCUT2D eigenvalue weighted by Crippen LogP contribution is -1.98. The minimum absolute atomic E-state index is 0.513. The smallest absolute Gasteiger partial charge is 0.0349 e. The Hall–Kier alpha value is -1.96. The van der Waals surface area contributed by atoms with Gasteiger partial charge in [-0.25, -0.2) is 0 Å². The molecule has 2 aromatic carbocycles. The summed E-state index contributed by atoms with van der Waals surface area (Å²) in [5, 5.41) is 0. The number of anilines is 2. The molecule has 0 unspecified atom stereocenters. The largest absolute Gasteiger partial charge is 0.399 e. The predicted octanol–water partition coefficient (Wildman–Crippen LogP) is 5.91. The second kappa shape index (κ2) is 8.61. The first kappa shape index (κ1) is 19.1. The number of rotatable bonds is 3. The van der Waals surface area contributed by atoms with Crippen LogP contribution in [0.25, 0.3) is 0 Å². The van der Waals surface area contributed by atoms with Gasteiger partial charge in [-0.3, -0.25) is 0 Å². The summed E-state index contributed by atoms with van der Waals surface area (Å²) in [5.41, 5.74) is 17.2. The molecule has 2 heteroatoms. The Morgan fingerprint density at radius 2 is 1.09 bits per heavy atom. The molecular formula is C21H32N2. The van der Waals surface area contributed by atoms with Crippen molar-refractivity contribution in [2.75, 3.05) is 11.5 Å². The Morgan fingerprint density at radius 1 is 0.609 bits per heavy atom. The van der Waals surface area contributed by atoms with E-state index in [2.05, 4.69) is 65.8 Å². The van der Waals surface area contributed by atoms with E-state index in [4.69, 9.17) is 11.5 Å². The van der Waals surface area contributed by atoms with Crippen LogP contribution >= 0.6 is 0 Å². The molecule has 0 radical (unpaired) electrons. The summed E-state index contributed by atoms with van der Waals surface area (Å²) >= 11 is 0. The molecule has 2 rings (SSSR count). The molecule has 2 nitrogen and oxygen atoms in total. The molecule has 0 amide bonds. The summed E-state index contributed by atoms with van der Waals surface area (Å²) in [6.07, 6.45) is 0. The summed E-state index contributed by atoms with van der Waals surface area (Å²) in [6, 6.07) is 14.4. The van der Waals surface area contributed by atoms with E-state index in [1.54, 1.807) is 0 Å². The second-order valence-corrected chi connectivity index (χ2v) is 7.02. The molecular weight excluding hydrogens is 280 g/mol. The zero-order valence-electron chi connectivity index (χ0n) is 15.4. The number of hydrogen-bond donors (Lipinski definition) is 2. The van der Waals surface area contributed by atoms with Crippen LogP contribution in [0.4, 0.5) is 11.4 Å². The Kier molecular flexibility index (Phi) is 7.15. The summed E-state index contributed by atoms with van der Waals surface area (Å²) < 4.78 is 0. The Bertz CT molecular complexity index is 596. The van der Waals surface area contributed by atoms with Crippen LogP contribution in [-0.2, 0) is 0 Å². The Labute approximate surface area is 141 Å². The van der Waals surface area contributed by atoms with Crippen molar-refractivity contribution in [2.24, 2.45) is 0 Å². The van der Waals surface area contributed by atoms with E-state index in [9.17, 15) is 0 Å². The minimum Gasteiger partial charge on any atom is -0.399 e. The van der Waals surface area contributed by atoms with Gasteiger partial charge in [0.1, 0.15) is 0 Å². The highest BCUT2D eigenvalue weighted by Gasteiger charge is 2.06. The van der Waals surface area contributed by atoms with E-state index in [0.717, 1.165) is 11.4 Å². The quantitative estimate of drug-likeness (QED) is 0.692. The van der Waals surface area contributed by atoms with Gasteiger partial charge in [0.05, 0.1) is 0 Å². The lowest BCUT2D eigenvalue weighted by atomic mass is 9.94. The Morgan fingerprint density at radius 3 is 1.52 bits per heavy atom. The van der Waals surface area contributed by atoms with Crippen molar-refractivity contribution in [1.29, 1.82) is 0 Å². The van der Waals surface area contributed by atoms with Crippen molar-refractivity contribution in [3.63, 3.8) is 0 Å². The molecule has 0 aliphatic rings. The summed E-state index contributed by atoms with van der Waals surface area (Å²) in [6.45, 7) is 13.1. The van der Waals surface area contributed by atoms with Crippen LogP contribution < -0.4 is 11.5 Å². The Balaban J connectivity index is 0.000000238. The minimum atomic E-state index is 0.513. The number of benzene rings is 2. The topological polar surface area (TPSA) is 52.0 Å². The SMILES string of the molecule is CC(C)c1ccc(N)c(C(C)C)c1.CC(C)c1ccc(N)cc1. The summed E-state index contributed by atoms with van der Waals surface area (Å²) in [4.78, 5) is 0. The number of nitrogens with two attached hydrogens (primary N) is 2. The molecule has 0 fully saturated rings. The van der Waals surface area contributed by atoms with Gasteiger partial charge in [0.25, 0.3) is 0 Å². The van der Waals surface area contributed by atoms with Crippen LogP contribution in [0.5, 0.6) is 0 Å². The predicted molar refractivity (Wildman–Crippen MR) is 104 cm³/mol. The van der Waals surface area contributed by atoms with Gasteiger partial charge < -0.3 is 11.5 Å². The monoisotopic (exact) mass is 312 g/mol. The van der Waals surface area contributed by atoms with Crippen molar-refractivity contribution < 1.29 is 0 Å². The molecule has 0 aliphatic carbocycles. The van der Waals surface area contributed by atoms with Crippen molar-refractivity contribution in [3.8, 4) is 0 Å². The van der Waals surface area contributed by atoms with Gasteiger partial charge in [-0.05, 0) is 52.6 Å².